The summed E-state index contributed by atoms with van der Waals surface area (Å²) < 4.78 is 0.895. The molecule has 0 radical (unpaired) electrons. The second kappa shape index (κ2) is 2.59. The van der Waals surface area contributed by atoms with Crippen LogP contribution in [0.5, 0.6) is 0 Å². The molecule has 0 atom stereocenters. The molecule has 0 aromatic carbocycles. The van der Waals surface area contributed by atoms with Crippen molar-refractivity contribution >= 4 is 27.0 Å². The summed E-state index contributed by atoms with van der Waals surface area (Å²) in [6.45, 7) is 4.11. The predicted octanol–water partition coefficient (Wildman–Crippen LogP) is 2.94. The van der Waals surface area contributed by atoms with Crippen molar-refractivity contribution in [3.63, 3.8) is 0 Å². The Bertz CT molecular complexity index is 431. The van der Waals surface area contributed by atoms with Gasteiger partial charge in [-0.3, -0.25) is 0 Å². The Morgan fingerprint density at radius 2 is 2.08 bits per heavy atom. The average molecular weight is 225 g/mol. The van der Waals surface area contributed by atoms with Crippen LogP contribution in [0, 0.1) is 13.8 Å². The molecule has 2 nitrogen and oxygen atoms in total. The van der Waals surface area contributed by atoms with Crippen LogP contribution in [0.3, 0.4) is 0 Å². The smallest absolute Gasteiger partial charge is 0.107 e. The summed E-state index contributed by atoms with van der Waals surface area (Å²) in [5.41, 5.74) is 4.54. The number of H-pyrrole nitrogens is 1. The van der Waals surface area contributed by atoms with Crippen LogP contribution >= 0.6 is 15.9 Å². The van der Waals surface area contributed by atoms with Gasteiger partial charge in [-0.25, -0.2) is 4.98 Å². The molecule has 62 valence electrons. The maximum Gasteiger partial charge on any atom is 0.107 e. The highest BCUT2D eigenvalue weighted by Crippen LogP contribution is 2.20. The van der Waals surface area contributed by atoms with E-state index in [4.69, 9.17) is 0 Å². The maximum atomic E-state index is 4.34. The van der Waals surface area contributed by atoms with Crippen molar-refractivity contribution in [3.05, 3.63) is 28.0 Å². The van der Waals surface area contributed by atoms with Gasteiger partial charge in [0.2, 0.25) is 0 Å². The SMILES string of the molecule is Cc1cc2nc(Br)cc(C)c2[nH]1. The molecule has 0 aliphatic carbocycles. The molecule has 0 bridgehead atoms. The number of hydrogen-bond acceptors (Lipinski definition) is 1. The number of halogens is 1. The van der Waals surface area contributed by atoms with Crippen LogP contribution in [0.2, 0.25) is 0 Å². The standard InChI is InChI=1S/C9H9BrN2/c1-5-3-8(10)12-7-4-6(2)11-9(5)7/h3-4,11H,1-2H3. The molecule has 2 aromatic heterocycles. The minimum absolute atomic E-state index is 0.895. The van der Waals surface area contributed by atoms with E-state index in [9.17, 15) is 0 Å². The van der Waals surface area contributed by atoms with Crippen LogP contribution in [0.4, 0.5) is 0 Å². The molecule has 0 spiro atoms. The van der Waals surface area contributed by atoms with E-state index in [1.807, 2.05) is 19.1 Å². The first kappa shape index (κ1) is 7.80. The zero-order valence-corrected chi connectivity index (χ0v) is 8.57. The van der Waals surface area contributed by atoms with Gasteiger partial charge < -0.3 is 4.98 Å². The Morgan fingerprint density at radius 3 is 2.83 bits per heavy atom. The Kier molecular flexibility index (Phi) is 1.68. The summed E-state index contributed by atoms with van der Waals surface area (Å²) in [7, 11) is 0. The molecule has 0 saturated heterocycles. The first-order valence-electron chi connectivity index (χ1n) is 3.79. The molecule has 12 heavy (non-hydrogen) atoms. The van der Waals surface area contributed by atoms with Gasteiger partial charge in [-0.15, -0.1) is 0 Å². The number of aryl methyl sites for hydroxylation is 2. The number of aromatic nitrogens is 2. The van der Waals surface area contributed by atoms with E-state index >= 15 is 0 Å². The van der Waals surface area contributed by atoms with Gasteiger partial charge in [0.05, 0.1) is 11.0 Å². The molecule has 0 amide bonds. The maximum absolute atomic E-state index is 4.34. The molecule has 2 rings (SSSR count). The Balaban J connectivity index is 2.88. The lowest BCUT2D eigenvalue weighted by Crippen LogP contribution is -1.81. The van der Waals surface area contributed by atoms with Crippen molar-refractivity contribution in [2.45, 2.75) is 13.8 Å². The van der Waals surface area contributed by atoms with Crippen LogP contribution in [0.15, 0.2) is 16.7 Å². The molecular formula is C9H9BrN2. The predicted molar refractivity (Wildman–Crippen MR) is 53.3 cm³/mol. The fourth-order valence-electron chi connectivity index (χ4n) is 1.36. The van der Waals surface area contributed by atoms with E-state index in [0.29, 0.717) is 0 Å². The first-order valence-corrected chi connectivity index (χ1v) is 4.58. The molecule has 0 fully saturated rings. The molecule has 0 unspecified atom stereocenters. The lowest BCUT2D eigenvalue weighted by Gasteiger charge is -1.95. The molecule has 2 aromatic rings. The van der Waals surface area contributed by atoms with Gasteiger partial charge in [-0.1, -0.05) is 0 Å². The van der Waals surface area contributed by atoms with Gasteiger partial charge in [0, 0.05) is 5.69 Å². The van der Waals surface area contributed by atoms with Gasteiger partial charge in [0.1, 0.15) is 4.60 Å². The van der Waals surface area contributed by atoms with E-state index in [0.717, 1.165) is 21.3 Å². The van der Waals surface area contributed by atoms with E-state index in [-0.39, 0.29) is 0 Å². The van der Waals surface area contributed by atoms with E-state index in [2.05, 4.69) is 32.8 Å². The van der Waals surface area contributed by atoms with E-state index in [1.165, 1.54) is 5.56 Å². The minimum Gasteiger partial charge on any atom is -0.357 e. The molecule has 3 heteroatoms. The van der Waals surface area contributed by atoms with E-state index < -0.39 is 0 Å². The topological polar surface area (TPSA) is 28.7 Å². The number of pyridine rings is 1. The summed E-state index contributed by atoms with van der Waals surface area (Å²) in [5.74, 6) is 0. The molecule has 0 saturated carbocycles. The first-order chi connectivity index (χ1) is 5.66. The number of nitrogens with zero attached hydrogens (tertiary/aromatic N) is 1. The highest BCUT2D eigenvalue weighted by atomic mass is 79.9. The number of nitrogens with one attached hydrogen (secondary N) is 1. The van der Waals surface area contributed by atoms with Crippen molar-refractivity contribution in [2.24, 2.45) is 0 Å². The van der Waals surface area contributed by atoms with Crippen LogP contribution in [-0.4, -0.2) is 9.97 Å². The fraction of sp³-hybridized carbons (Fsp3) is 0.222. The monoisotopic (exact) mass is 224 g/mol. The Morgan fingerprint density at radius 1 is 1.33 bits per heavy atom. The van der Waals surface area contributed by atoms with Crippen LogP contribution < -0.4 is 0 Å². The second-order valence-corrected chi connectivity index (χ2v) is 3.79. The van der Waals surface area contributed by atoms with Crippen molar-refractivity contribution in [3.8, 4) is 0 Å². The molecule has 0 aliphatic heterocycles. The highest BCUT2D eigenvalue weighted by Gasteiger charge is 2.02. The van der Waals surface area contributed by atoms with Gasteiger partial charge in [0.25, 0.3) is 0 Å². The summed E-state index contributed by atoms with van der Waals surface area (Å²) in [6.07, 6.45) is 0. The average Bonchev–Trinajstić information content (AvgIpc) is 2.29. The second-order valence-electron chi connectivity index (χ2n) is 2.97. The summed E-state index contributed by atoms with van der Waals surface area (Å²) in [4.78, 5) is 7.61. The van der Waals surface area contributed by atoms with E-state index in [1.54, 1.807) is 0 Å². The molecule has 0 aliphatic rings. The minimum atomic E-state index is 0.895. The quantitative estimate of drug-likeness (QED) is 0.686. The van der Waals surface area contributed by atoms with Gasteiger partial charge in [-0.05, 0) is 47.5 Å². The van der Waals surface area contributed by atoms with Gasteiger partial charge in [-0.2, -0.15) is 0 Å². The zero-order valence-electron chi connectivity index (χ0n) is 6.98. The van der Waals surface area contributed by atoms with Gasteiger partial charge in [0.15, 0.2) is 0 Å². The Hall–Kier alpha value is -0.830. The molecular weight excluding hydrogens is 216 g/mol. The largest absolute Gasteiger partial charge is 0.357 e. The molecule has 1 N–H and O–H groups in total. The number of fused-ring (bicyclic) bond motifs is 1. The summed E-state index contributed by atoms with van der Waals surface area (Å²) >= 11 is 3.37. The number of aromatic amines is 1. The van der Waals surface area contributed by atoms with Crippen molar-refractivity contribution < 1.29 is 0 Å². The van der Waals surface area contributed by atoms with Crippen molar-refractivity contribution in [1.29, 1.82) is 0 Å². The third-order valence-corrected chi connectivity index (χ3v) is 2.29. The lowest BCUT2D eigenvalue weighted by molar-refractivity contribution is 1.27. The third kappa shape index (κ3) is 1.14. The number of hydrogen-bond donors (Lipinski definition) is 1. The third-order valence-electron chi connectivity index (χ3n) is 1.89. The van der Waals surface area contributed by atoms with Crippen molar-refractivity contribution in [1.82, 2.24) is 9.97 Å². The lowest BCUT2D eigenvalue weighted by atomic mass is 10.2. The summed E-state index contributed by atoms with van der Waals surface area (Å²) in [5, 5.41) is 0. The Labute approximate surface area is 79.1 Å². The van der Waals surface area contributed by atoms with Crippen LogP contribution in [0.1, 0.15) is 11.3 Å². The van der Waals surface area contributed by atoms with Crippen LogP contribution in [0.25, 0.3) is 11.0 Å². The van der Waals surface area contributed by atoms with Crippen LogP contribution in [-0.2, 0) is 0 Å². The van der Waals surface area contributed by atoms with Crippen molar-refractivity contribution in [2.75, 3.05) is 0 Å². The number of rotatable bonds is 0. The zero-order chi connectivity index (χ0) is 8.72. The normalized spacial score (nSPS) is 10.9. The highest BCUT2D eigenvalue weighted by molar-refractivity contribution is 9.10. The molecule has 2 heterocycles. The van der Waals surface area contributed by atoms with Gasteiger partial charge >= 0.3 is 0 Å². The summed E-state index contributed by atoms with van der Waals surface area (Å²) in [6, 6.07) is 4.06. The fourth-order valence-corrected chi connectivity index (χ4v) is 1.90.